The van der Waals surface area contributed by atoms with Gasteiger partial charge in [-0.2, -0.15) is 0 Å². The molecule has 2 amide bonds. The normalized spacial score (nSPS) is 16.7. The largest absolute Gasteiger partial charge is 0.351 e. The molecule has 0 saturated carbocycles. The first-order valence-corrected chi connectivity index (χ1v) is 5.83. The van der Waals surface area contributed by atoms with Gasteiger partial charge in [-0.15, -0.1) is 0 Å². The minimum atomic E-state index is -0.516. The number of para-hydroxylation sites is 1. The zero-order valence-electron chi connectivity index (χ0n) is 9.78. The highest BCUT2D eigenvalue weighted by Crippen LogP contribution is 2.17. The smallest absolute Gasteiger partial charge is 0.316 e. The number of urea groups is 1. The Morgan fingerprint density at radius 1 is 1.35 bits per heavy atom. The van der Waals surface area contributed by atoms with Crippen molar-refractivity contribution in [1.29, 1.82) is 0 Å². The molecule has 0 atom stereocenters. The summed E-state index contributed by atoms with van der Waals surface area (Å²) in [6, 6.07) is 7.25. The van der Waals surface area contributed by atoms with Crippen LogP contribution in [-0.4, -0.2) is 37.1 Å². The lowest BCUT2D eigenvalue weighted by Gasteiger charge is -2.27. The molecule has 1 aliphatic rings. The van der Waals surface area contributed by atoms with Gasteiger partial charge in [0.05, 0.1) is 0 Å². The Bertz CT molecular complexity index is 388. The maximum absolute atomic E-state index is 10.9. The van der Waals surface area contributed by atoms with Gasteiger partial charge in [0, 0.05) is 38.4 Å². The van der Waals surface area contributed by atoms with Crippen LogP contribution in [-0.2, 0) is 6.54 Å². The van der Waals surface area contributed by atoms with E-state index in [9.17, 15) is 4.79 Å². The van der Waals surface area contributed by atoms with Crippen molar-refractivity contribution in [3.63, 3.8) is 0 Å². The molecule has 4 N–H and O–H groups in total. The van der Waals surface area contributed by atoms with E-state index < -0.39 is 6.03 Å². The molecule has 1 aromatic rings. The second kappa shape index (κ2) is 5.65. The molecule has 2 rings (SSSR count). The van der Waals surface area contributed by atoms with Crippen molar-refractivity contribution in [2.45, 2.75) is 6.54 Å². The van der Waals surface area contributed by atoms with Crippen LogP contribution in [0.1, 0.15) is 5.56 Å². The SMILES string of the molecule is NC(=O)Nc1ccccc1CN1CCNCC1. The first-order chi connectivity index (χ1) is 8.25. The van der Waals surface area contributed by atoms with Gasteiger partial charge in [0.1, 0.15) is 0 Å². The van der Waals surface area contributed by atoms with Crippen LogP contribution in [0.15, 0.2) is 24.3 Å². The summed E-state index contributed by atoms with van der Waals surface area (Å²) in [5, 5.41) is 5.98. The van der Waals surface area contributed by atoms with E-state index in [1.165, 1.54) is 0 Å². The highest BCUT2D eigenvalue weighted by Gasteiger charge is 2.12. The fraction of sp³-hybridized carbons (Fsp3) is 0.417. The summed E-state index contributed by atoms with van der Waals surface area (Å²) in [5.41, 5.74) is 7.06. The lowest BCUT2D eigenvalue weighted by Crippen LogP contribution is -2.43. The Morgan fingerprint density at radius 3 is 2.76 bits per heavy atom. The minimum absolute atomic E-state index is 0.516. The van der Waals surface area contributed by atoms with E-state index in [0.29, 0.717) is 0 Å². The highest BCUT2D eigenvalue weighted by molar-refractivity contribution is 5.88. The fourth-order valence-corrected chi connectivity index (χ4v) is 2.02. The van der Waals surface area contributed by atoms with Gasteiger partial charge in [-0.3, -0.25) is 4.90 Å². The number of nitrogens with two attached hydrogens (primary N) is 1. The second-order valence-electron chi connectivity index (χ2n) is 4.17. The van der Waals surface area contributed by atoms with Crippen LogP contribution in [0.5, 0.6) is 0 Å². The summed E-state index contributed by atoms with van der Waals surface area (Å²) in [5.74, 6) is 0. The maximum Gasteiger partial charge on any atom is 0.316 e. The molecule has 1 saturated heterocycles. The molecule has 0 aliphatic carbocycles. The van der Waals surface area contributed by atoms with Crippen molar-refractivity contribution in [3.05, 3.63) is 29.8 Å². The average molecular weight is 234 g/mol. The number of primary amides is 1. The molecular formula is C12H18N4O. The number of anilines is 1. The van der Waals surface area contributed by atoms with Gasteiger partial charge in [-0.05, 0) is 11.6 Å². The molecule has 1 aliphatic heterocycles. The Kier molecular flexibility index (Phi) is 3.95. The lowest BCUT2D eigenvalue weighted by molar-refractivity contribution is 0.233. The van der Waals surface area contributed by atoms with Crippen LogP contribution < -0.4 is 16.4 Å². The third-order valence-electron chi connectivity index (χ3n) is 2.88. The molecule has 92 valence electrons. The Morgan fingerprint density at radius 2 is 2.06 bits per heavy atom. The van der Waals surface area contributed by atoms with Gasteiger partial charge < -0.3 is 16.4 Å². The monoisotopic (exact) mass is 234 g/mol. The zero-order valence-corrected chi connectivity index (χ0v) is 9.78. The van der Waals surface area contributed by atoms with Gasteiger partial charge in [0.2, 0.25) is 0 Å². The van der Waals surface area contributed by atoms with Gasteiger partial charge in [-0.1, -0.05) is 18.2 Å². The van der Waals surface area contributed by atoms with Crippen LogP contribution in [0.4, 0.5) is 10.5 Å². The second-order valence-corrected chi connectivity index (χ2v) is 4.17. The number of nitrogens with zero attached hydrogens (tertiary/aromatic N) is 1. The summed E-state index contributed by atoms with van der Waals surface area (Å²) in [6.07, 6.45) is 0. The number of carbonyl (C=O) groups is 1. The fourth-order valence-electron chi connectivity index (χ4n) is 2.02. The van der Waals surface area contributed by atoms with E-state index in [1.54, 1.807) is 0 Å². The van der Waals surface area contributed by atoms with Crippen molar-refractivity contribution < 1.29 is 4.79 Å². The maximum atomic E-state index is 10.9. The van der Waals surface area contributed by atoms with E-state index in [2.05, 4.69) is 15.5 Å². The Balaban J connectivity index is 2.05. The van der Waals surface area contributed by atoms with Crippen molar-refractivity contribution in [1.82, 2.24) is 10.2 Å². The predicted molar refractivity (Wildman–Crippen MR) is 67.8 cm³/mol. The van der Waals surface area contributed by atoms with Crippen molar-refractivity contribution >= 4 is 11.7 Å². The molecule has 1 heterocycles. The number of hydrogen-bond donors (Lipinski definition) is 3. The van der Waals surface area contributed by atoms with E-state index in [4.69, 9.17) is 5.73 Å². The third-order valence-corrected chi connectivity index (χ3v) is 2.88. The molecule has 0 radical (unpaired) electrons. The summed E-state index contributed by atoms with van der Waals surface area (Å²) < 4.78 is 0. The number of hydrogen-bond acceptors (Lipinski definition) is 3. The molecule has 5 heteroatoms. The quantitative estimate of drug-likeness (QED) is 0.716. The standard InChI is InChI=1S/C12H18N4O/c13-12(17)15-11-4-2-1-3-10(11)9-16-7-5-14-6-8-16/h1-4,14H,5-9H2,(H3,13,15,17). The van der Waals surface area contributed by atoms with Crippen LogP contribution in [0.25, 0.3) is 0 Å². The van der Waals surface area contributed by atoms with Crippen LogP contribution in [0.3, 0.4) is 0 Å². The minimum Gasteiger partial charge on any atom is -0.351 e. The zero-order chi connectivity index (χ0) is 12.1. The molecule has 1 fully saturated rings. The molecule has 1 aromatic carbocycles. The summed E-state index contributed by atoms with van der Waals surface area (Å²) >= 11 is 0. The van der Waals surface area contributed by atoms with Crippen LogP contribution in [0.2, 0.25) is 0 Å². The molecular weight excluding hydrogens is 216 g/mol. The number of carbonyl (C=O) groups excluding carboxylic acids is 1. The van der Waals surface area contributed by atoms with E-state index in [1.807, 2.05) is 24.3 Å². The van der Waals surface area contributed by atoms with Gasteiger partial charge in [0.25, 0.3) is 0 Å². The molecule has 17 heavy (non-hydrogen) atoms. The van der Waals surface area contributed by atoms with Crippen LogP contribution >= 0.6 is 0 Å². The first-order valence-electron chi connectivity index (χ1n) is 5.83. The molecule has 5 nitrogen and oxygen atoms in total. The number of nitrogens with one attached hydrogen (secondary N) is 2. The summed E-state index contributed by atoms with van der Waals surface area (Å²) in [7, 11) is 0. The molecule has 0 aromatic heterocycles. The summed E-state index contributed by atoms with van der Waals surface area (Å²) in [6.45, 7) is 4.95. The number of benzene rings is 1. The number of amides is 2. The van der Waals surface area contributed by atoms with Crippen molar-refractivity contribution in [2.24, 2.45) is 5.73 Å². The third kappa shape index (κ3) is 3.44. The van der Waals surface area contributed by atoms with Gasteiger partial charge in [0.15, 0.2) is 0 Å². The Hall–Kier alpha value is -1.59. The molecule has 0 unspecified atom stereocenters. The summed E-state index contributed by atoms with van der Waals surface area (Å²) in [4.78, 5) is 13.3. The number of piperazine rings is 1. The predicted octanol–water partition coefficient (Wildman–Crippen LogP) is 0.582. The lowest BCUT2D eigenvalue weighted by atomic mass is 10.1. The van der Waals surface area contributed by atoms with E-state index >= 15 is 0 Å². The van der Waals surface area contributed by atoms with Crippen LogP contribution in [0, 0.1) is 0 Å². The van der Waals surface area contributed by atoms with Gasteiger partial charge >= 0.3 is 6.03 Å². The van der Waals surface area contributed by atoms with Gasteiger partial charge in [-0.25, -0.2) is 4.79 Å². The van der Waals surface area contributed by atoms with Crippen molar-refractivity contribution in [2.75, 3.05) is 31.5 Å². The molecule has 0 bridgehead atoms. The van der Waals surface area contributed by atoms with E-state index in [0.717, 1.165) is 44.0 Å². The molecule has 0 spiro atoms. The van der Waals surface area contributed by atoms with Crippen molar-refractivity contribution in [3.8, 4) is 0 Å². The Labute approximate surface area is 101 Å². The topological polar surface area (TPSA) is 70.4 Å². The number of rotatable bonds is 3. The first kappa shape index (κ1) is 11.9. The van der Waals surface area contributed by atoms with E-state index in [-0.39, 0.29) is 0 Å². The average Bonchev–Trinajstić information content (AvgIpc) is 2.32. The highest BCUT2D eigenvalue weighted by atomic mass is 16.2.